The molecular formula is C19H30N4O. The fraction of sp³-hybridized carbons (Fsp3) is 0.737. The highest BCUT2D eigenvalue weighted by Gasteiger charge is 2.29. The minimum Gasteiger partial charge on any atom is -0.353 e. The van der Waals surface area contributed by atoms with Crippen molar-refractivity contribution >= 4 is 11.9 Å². The first-order valence-corrected chi connectivity index (χ1v) is 9.39. The lowest BCUT2D eigenvalue weighted by Crippen LogP contribution is -2.47. The zero-order valence-corrected chi connectivity index (χ0v) is 15.2. The molecule has 1 aromatic heterocycles. The van der Waals surface area contributed by atoms with Gasteiger partial charge in [0.1, 0.15) is 0 Å². The Kier molecular flexibility index (Phi) is 5.36. The molecule has 132 valence electrons. The molecule has 1 aromatic rings. The second kappa shape index (κ2) is 7.49. The normalized spacial score (nSPS) is 27.8. The predicted octanol–water partition coefficient (Wildman–Crippen LogP) is 3.00. The van der Waals surface area contributed by atoms with E-state index >= 15 is 0 Å². The molecule has 0 spiro atoms. The van der Waals surface area contributed by atoms with Crippen LogP contribution in [-0.4, -0.2) is 35.0 Å². The van der Waals surface area contributed by atoms with E-state index in [1.54, 1.807) is 0 Å². The van der Waals surface area contributed by atoms with Crippen molar-refractivity contribution in [2.24, 2.45) is 11.8 Å². The summed E-state index contributed by atoms with van der Waals surface area (Å²) in [5.41, 5.74) is 1.97. The topological polar surface area (TPSA) is 58.1 Å². The van der Waals surface area contributed by atoms with Crippen molar-refractivity contribution < 1.29 is 4.79 Å². The number of carbonyl (C=O) groups excluding carboxylic acids is 1. The van der Waals surface area contributed by atoms with Crippen molar-refractivity contribution in [3.05, 3.63) is 17.5 Å². The van der Waals surface area contributed by atoms with E-state index in [-0.39, 0.29) is 11.8 Å². The smallest absolute Gasteiger partial charge is 0.225 e. The fourth-order valence-electron chi connectivity index (χ4n) is 3.95. The molecule has 2 aliphatic rings. The maximum Gasteiger partial charge on any atom is 0.225 e. The van der Waals surface area contributed by atoms with Crippen molar-refractivity contribution in [3.8, 4) is 0 Å². The molecule has 1 N–H and O–H groups in total. The molecule has 1 aliphatic heterocycles. The summed E-state index contributed by atoms with van der Waals surface area (Å²) in [6.45, 7) is 7.97. The Morgan fingerprint density at radius 3 is 2.46 bits per heavy atom. The van der Waals surface area contributed by atoms with Crippen LogP contribution >= 0.6 is 0 Å². The Balaban J connectivity index is 1.59. The van der Waals surface area contributed by atoms with Gasteiger partial charge in [0, 0.05) is 30.5 Å². The predicted molar refractivity (Wildman–Crippen MR) is 96.0 cm³/mol. The summed E-state index contributed by atoms with van der Waals surface area (Å²) in [5.74, 6) is 1.87. The average Bonchev–Trinajstić information content (AvgIpc) is 2.56. The van der Waals surface area contributed by atoms with Crippen molar-refractivity contribution in [2.45, 2.75) is 65.3 Å². The Labute approximate surface area is 145 Å². The zero-order valence-electron chi connectivity index (χ0n) is 15.2. The van der Waals surface area contributed by atoms with Gasteiger partial charge in [-0.15, -0.1) is 0 Å². The summed E-state index contributed by atoms with van der Waals surface area (Å²) >= 11 is 0. The van der Waals surface area contributed by atoms with E-state index in [0.29, 0.717) is 6.04 Å². The lowest BCUT2D eigenvalue weighted by atomic mass is 9.87. The SMILES string of the molecule is Cc1cc(C)nc(N2CCC[C@@H](C(=O)NC3CCC(C)CC3)C2)n1. The van der Waals surface area contributed by atoms with Gasteiger partial charge in [0.25, 0.3) is 0 Å². The number of hydrogen-bond acceptors (Lipinski definition) is 4. The molecule has 0 unspecified atom stereocenters. The maximum absolute atomic E-state index is 12.7. The highest BCUT2D eigenvalue weighted by Crippen LogP contribution is 2.25. The molecule has 1 saturated carbocycles. The largest absolute Gasteiger partial charge is 0.353 e. The Bertz CT molecular complexity index is 560. The summed E-state index contributed by atoms with van der Waals surface area (Å²) in [4.78, 5) is 24.0. The summed E-state index contributed by atoms with van der Waals surface area (Å²) in [5, 5.41) is 3.30. The molecule has 1 amide bonds. The van der Waals surface area contributed by atoms with Gasteiger partial charge in [0.2, 0.25) is 11.9 Å². The first kappa shape index (κ1) is 17.2. The monoisotopic (exact) mass is 330 g/mol. The van der Waals surface area contributed by atoms with Gasteiger partial charge in [0.05, 0.1) is 5.92 Å². The van der Waals surface area contributed by atoms with E-state index in [2.05, 4.69) is 27.1 Å². The van der Waals surface area contributed by atoms with E-state index in [4.69, 9.17) is 0 Å². The first-order valence-electron chi connectivity index (χ1n) is 9.39. The summed E-state index contributed by atoms with van der Waals surface area (Å²) < 4.78 is 0. The molecule has 1 saturated heterocycles. The van der Waals surface area contributed by atoms with Crippen LogP contribution in [0.2, 0.25) is 0 Å². The van der Waals surface area contributed by atoms with Gasteiger partial charge in [-0.2, -0.15) is 0 Å². The van der Waals surface area contributed by atoms with Crippen LogP contribution in [0.5, 0.6) is 0 Å². The van der Waals surface area contributed by atoms with Crippen molar-refractivity contribution in [3.63, 3.8) is 0 Å². The standard InChI is InChI=1S/C19H30N4O/c1-13-6-8-17(9-7-13)22-18(24)16-5-4-10-23(12-16)19-20-14(2)11-15(3)21-19/h11,13,16-17H,4-10,12H2,1-3H3,(H,22,24)/t13?,16-,17?/m1/s1. The molecule has 1 atom stereocenters. The van der Waals surface area contributed by atoms with Crippen LogP contribution in [0.1, 0.15) is 56.8 Å². The second-order valence-electron chi connectivity index (χ2n) is 7.70. The van der Waals surface area contributed by atoms with Gasteiger partial charge in [-0.1, -0.05) is 6.92 Å². The molecule has 3 rings (SSSR count). The maximum atomic E-state index is 12.7. The zero-order chi connectivity index (χ0) is 17.1. The third-order valence-electron chi connectivity index (χ3n) is 5.41. The molecule has 1 aliphatic carbocycles. The molecule has 2 fully saturated rings. The lowest BCUT2D eigenvalue weighted by Gasteiger charge is -2.34. The van der Waals surface area contributed by atoms with E-state index in [1.165, 1.54) is 12.8 Å². The van der Waals surface area contributed by atoms with Crippen molar-refractivity contribution in [1.29, 1.82) is 0 Å². The number of piperidine rings is 1. The minimum absolute atomic E-state index is 0.0579. The highest BCUT2D eigenvalue weighted by atomic mass is 16.2. The molecule has 5 nitrogen and oxygen atoms in total. The van der Waals surface area contributed by atoms with Crippen LogP contribution in [-0.2, 0) is 4.79 Å². The van der Waals surface area contributed by atoms with E-state index in [9.17, 15) is 4.79 Å². The minimum atomic E-state index is 0.0579. The van der Waals surface area contributed by atoms with Gasteiger partial charge in [-0.25, -0.2) is 9.97 Å². The highest BCUT2D eigenvalue weighted by molar-refractivity contribution is 5.79. The van der Waals surface area contributed by atoms with E-state index in [1.807, 2.05) is 19.9 Å². The summed E-state index contributed by atoms with van der Waals surface area (Å²) in [6.07, 6.45) is 6.72. The van der Waals surface area contributed by atoms with Crippen LogP contribution in [0.3, 0.4) is 0 Å². The van der Waals surface area contributed by atoms with Crippen molar-refractivity contribution in [1.82, 2.24) is 15.3 Å². The number of aryl methyl sites for hydroxylation is 2. The number of aromatic nitrogens is 2. The van der Waals surface area contributed by atoms with Gasteiger partial charge in [-0.05, 0) is 64.4 Å². The number of anilines is 1. The second-order valence-corrected chi connectivity index (χ2v) is 7.70. The molecular weight excluding hydrogens is 300 g/mol. The van der Waals surface area contributed by atoms with Crippen LogP contribution in [0.4, 0.5) is 5.95 Å². The Morgan fingerprint density at radius 1 is 1.12 bits per heavy atom. The summed E-state index contributed by atoms with van der Waals surface area (Å²) in [7, 11) is 0. The number of carbonyl (C=O) groups is 1. The van der Waals surface area contributed by atoms with Gasteiger partial charge in [0.15, 0.2) is 0 Å². The number of amides is 1. The molecule has 5 heteroatoms. The fourth-order valence-corrected chi connectivity index (χ4v) is 3.95. The average molecular weight is 330 g/mol. The first-order chi connectivity index (χ1) is 11.5. The Hall–Kier alpha value is -1.65. The van der Waals surface area contributed by atoms with Crippen molar-refractivity contribution in [2.75, 3.05) is 18.0 Å². The van der Waals surface area contributed by atoms with Crippen LogP contribution in [0.25, 0.3) is 0 Å². The number of nitrogens with zero attached hydrogens (tertiary/aromatic N) is 3. The third-order valence-corrected chi connectivity index (χ3v) is 5.41. The number of rotatable bonds is 3. The van der Waals surface area contributed by atoms with Crippen LogP contribution in [0.15, 0.2) is 6.07 Å². The van der Waals surface area contributed by atoms with E-state index < -0.39 is 0 Å². The molecule has 0 radical (unpaired) electrons. The van der Waals surface area contributed by atoms with Gasteiger partial charge >= 0.3 is 0 Å². The van der Waals surface area contributed by atoms with E-state index in [0.717, 1.165) is 62.0 Å². The summed E-state index contributed by atoms with van der Waals surface area (Å²) in [6, 6.07) is 2.36. The van der Waals surface area contributed by atoms with Crippen LogP contribution < -0.4 is 10.2 Å². The quantitative estimate of drug-likeness (QED) is 0.925. The number of nitrogens with one attached hydrogen (secondary N) is 1. The van der Waals surface area contributed by atoms with Gasteiger partial charge < -0.3 is 10.2 Å². The van der Waals surface area contributed by atoms with Gasteiger partial charge in [-0.3, -0.25) is 4.79 Å². The van der Waals surface area contributed by atoms with Crippen LogP contribution in [0, 0.1) is 25.7 Å². The molecule has 24 heavy (non-hydrogen) atoms. The molecule has 0 aromatic carbocycles. The third kappa shape index (κ3) is 4.25. The molecule has 2 heterocycles. The Morgan fingerprint density at radius 2 is 1.79 bits per heavy atom. The molecule has 0 bridgehead atoms. The number of hydrogen-bond donors (Lipinski definition) is 1. The lowest BCUT2D eigenvalue weighted by molar-refractivity contribution is -0.126.